The molecule has 0 aliphatic carbocycles. The number of benzene rings is 1. The van der Waals surface area contributed by atoms with E-state index in [4.69, 9.17) is 4.74 Å². The number of ether oxygens (including phenoxy) is 1. The van der Waals surface area contributed by atoms with E-state index >= 15 is 0 Å². The smallest absolute Gasteiger partial charge is 0.309 e. The summed E-state index contributed by atoms with van der Waals surface area (Å²) in [5.41, 5.74) is 1.00. The maximum atomic E-state index is 11.2. The number of anilines is 1. The standard InChI is InChI=1S/C14H20N2O3/c1-10-7-15-8-11(14(17)18)9-16(10)12-4-3-5-13(6-12)19-2/h3-6,10-11,15H,7-9H2,1-2H3,(H,17,18). The molecule has 1 saturated heterocycles. The van der Waals surface area contributed by atoms with Crippen LogP contribution in [-0.2, 0) is 4.79 Å². The molecular weight excluding hydrogens is 244 g/mol. The van der Waals surface area contributed by atoms with Crippen LogP contribution < -0.4 is 15.0 Å². The maximum absolute atomic E-state index is 11.2. The summed E-state index contributed by atoms with van der Waals surface area (Å²) < 4.78 is 5.23. The first-order valence-electron chi connectivity index (χ1n) is 6.46. The molecule has 0 spiro atoms. The minimum atomic E-state index is -0.755. The van der Waals surface area contributed by atoms with Crippen molar-refractivity contribution in [3.05, 3.63) is 24.3 Å². The summed E-state index contributed by atoms with van der Waals surface area (Å²) in [4.78, 5) is 13.3. The Bertz CT molecular complexity index is 450. The highest BCUT2D eigenvalue weighted by molar-refractivity contribution is 5.71. The molecule has 1 aliphatic heterocycles. The second-order valence-corrected chi connectivity index (χ2v) is 4.90. The molecule has 2 atom stereocenters. The zero-order valence-electron chi connectivity index (χ0n) is 11.3. The molecule has 0 bridgehead atoms. The number of carboxylic acid groups (broad SMARTS) is 1. The molecule has 1 aliphatic rings. The maximum Gasteiger partial charge on any atom is 0.309 e. The zero-order chi connectivity index (χ0) is 13.8. The van der Waals surface area contributed by atoms with Gasteiger partial charge in [0.2, 0.25) is 0 Å². The van der Waals surface area contributed by atoms with Crippen molar-refractivity contribution in [1.29, 1.82) is 0 Å². The highest BCUT2D eigenvalue weighted by atomic mass is 16.5. The van der Waals surface area contributed by atoms with Gasteiger partial charge in [0.15, 0.2) is 0 Å². The Labute approximate surface area is 113 Å². The van der Waals surface area contributed by atoms with E-state index in [0.717, 1.165) is 18.0 Å². The van der Waals surface area contributed by atoms with E-state index in [1.54, 1.807) is 7.11 Å². The number of rotatable bonds is 3. The number of carbonyl (C=O) groups is 1. The number of hydrogen-bond acceptors (Lipinski definition) is 4. The first-order chi connectivity index (χ1) is 9.11. The minimum Gasteiger partial charge on any atom is -0.497 e. The van der Waals surface area contributed by atoms with Gasteiger partial charge in [-0.1, -0.05) is 6.07 Å². The molecule has 0 amide bonds. The van der Waals surface area contributed by atoms with Crippen molar-refractivity contribution in [1.82, 2.24) is 5.32 Å². The molecule has 2 rings (SSSR count). The van der Waals surface area contributed by atoms with Crippen LogP contribution in [0.1, 0.15) is 6.92 Å². The summed E-state index contributed by atoms with van der Waals surface area (Å²) in [6.07, 6.45) is 0. The molecule has 1 fully saturated rings. The predicted molar refractivity (Wildman–Crippen MR) is 73.8 cm³/mol. The third-order valence-electron chi connectivity index (χ3n) is 3.51. The van der Waals surface area contributed by atoms with Crippen LogP contribution in [0.25, 0.3) is 0 Å². The lowest BCUT2D eigenvalue weighted by Crippen LogP contribution is -2.39. The predicted octanol–water partition coefficient (Wildman–Crippen LogP) is 1.19. The summed E-state index contributed by atoms with van der Waals surface area (Å²) in [5.74, 6) is -0.362. The van der Waals surface area contributed by atoms with Crippen molar-refractivity contribution in [3.63, 3.8) is 0 Å². The molecule has 0 saturated carbocycles. The van der Waals surface area contributed by atoms with Gasteiger partial charge in [-0.15, -0.1) is 0 Å². The van der Waals surface area contributed by atoms with Crippen molar-refractivity contribution in [2.24, 2.45) is 5.92 Å². The van der Waals surface area contributed by atoms with Crippen LogP contribution in [0.3, 0.4) is 0 Å². The Hall–Kier alpha value is -1.75. The number of hydrogen-bond donors (Lipinski definition) is 2. The molecule has 1 heterocycles. The lowest BCUT2D eigenvalue weighted by atomic mass is 10.1. The molecule has 0 aromatic heterocycles. The van der Waals surface area contributed by atoms with E-state index in [9.17, 15) is 9.90 Å². The fourth-order valence-corrected chi connectivity index (χ4v) is 2.37. The van der Waals surface area contributed by atoms with Crippen LogP contribution in [0, 0.1) is 5.92 Å². The summed E-state index contributed by atoms with van der Waals surface area (Å²) in [6, 6.07) is 7.99. The van der Waals surface area contributed by atoms with Gasteiger partial charge in [0, 0.05) is 37.4 Å². The van der Waals surface area contributed by atoms with Crippen LogP contribution in [0.5, 0.6) is 5.75 Å². The topological polar surface area (TPSA) is 61.8 Å². The van der Waals surface area contributed by atoms with E-state index < -0.39 is 11.9 Å². The quantitative estimate of drug-likeness (QED) is 0.859. The fourth-order valence-electron chi connectivity index (χ4n) is 2.37. The summed E-state index contributed by atoms with van der Waals surface area (Å²) in [6.45, 7) is 3.90. The third-order valence-corrected chi connectivity index (χ3v) is 3.51. The van der Waals surface area contributed by atoms with E-state index in [1.807, 2.05) is 24.3 Å². The Balaban J connectivity index is 2.25. The molecule has 19 heavy (non-hydrogen) atoms. The zero-order valence-corrected chi connectivity index (χ0v) is 11.3. The highest BCUT2D eigenvalue weighted by Gasteiger charge is 2.27. The summed E-state index contributed by atoms with van der Waals surface area (Å²) in [5, 5.41) is 12.4. The van der Waals surface area contributed by atoms with E-state index in [-0.39, 0.29) is 6.04 Å². The molecule has 5 heteroatoms. The van der Waals surface area contributed by atoms with Crippen molar-refractivity contribution >= 4 is 11.7 Å². The van der Waals surface area contributed by atoms with Gasteiger partial charge >= 0.3 is 5.97 Å². The monoisotopic (exact) mass is 264 g/mol. The van der Waals surface area contributed by atoms with Crippen LogP contribution >= 0.6 is 0 Å². The van der Waals surface area contributed by atoms with Gasteiger partial charge in [-0.05, 0) is 19.1 Å². The summed E-state index contributed by atoms with van der Waals surface area (Å²) >= 11 is 0. The number of carboxylic acids is 1. The van der Waals surface area contributed by atoms with Gasteiger partial charge in [0.1, 0.15) is 5.75 Å². The fraction of sp³-hybridized carbons (Fsp3) is 0.500. The molecule has 2 unspecified atom stereocenters. The number of nitrogens with zero attached hydrogens (tertiary/aromatic N) is 1. The van der Waals surface area contributed by atoms with Crippen LogP contribution in [-0.4, -0.2) is 43.9 Å². The van der Waals surface area contributed by atoms with Crippen LogP contribution in [0.2, 0.25) is 0 Å². The van der Waals surface area contributed by atoms with Crippen molar-refractivity contribution < 1.29 is 14.6 Å². The van der Waals surface area contributed by atoms with Gasteiger partial charge < -0.3 is 20.1 Å². The molecule has 1 aromatic rings. The van der Waals surface area contributed by atoms with Gasteiger partial charge in [0.25, 0.3) is 0 Å². The van der Waals surface area contributed by atoms with Crippen molar-refractivity contribution in [2.45, 2.75) is 13.0 Å². The normalized spacial score (nSPS) is 23.8. The van der Waals surface area contributed by atoms with E-state index in [0.29, 0.717) is 13.1 Å². The molecular formula is C14H20N2O3. The second-order valence-electron chi connectivity index (χ2n) is 4.90. The van der Waals surface area contributed by atoms with Crippen molar-refractivity contribution in [3.8, 4) is 5.75 Å². The van der Waals surface area contributed by atoms with Crippen molar-refractivity contribution in [2.75, 3.05) is 31.6 Å². The van der Waals surface area contributed by atoms with Gasteiger partial charge in [-0.2, -0.15) is 0 Å². The average Bonchev–Trinajstić information content (AvgIpc) is 2.61. The van der Waals surface area contributed by atoms with Gasteiger partial charge in [-0.3, -0.25) is 4.79 Å². The largest absolute Gasteiger partial charge is 0.497 e. The summed E-state index contributed by atoms with van der Waals surface area (Å²) in [7, 11) is 1.63. The molecule has 2 N–H and O–H groups in total. The third kappa shape index (κ3) is 3.17. The van der Waals surface area contributed by atoms with E-state index in [1.165, 1.54) is 0 Å². The number of methoxy groups -OCH3 is 1. The lowest BCUT2D eigenvalue weighted by Gasteiger charge is -2.30. The van der Waals surface area contributed by atoms with Crippen LogP contribution in [0.4, 0.5) is 5.69 Å². The second kappa shape index (κ2) is 5.93. The Kier molecular flexibility index (Phi) is 4.27. The van der Waals surface area contributed by atoms with Crippen LogP contribution in [0.15, 0.2) is 24.3 Å². The van der Waals surface area contributed by atoms with E-state index in [2.05, 4.69) is 17.1 Å². The Morgan fingerprint density at radius 3 is 2.95 bits per heavy atom. The Morgan fingerprint density at radius 1 is 1.47 bits per heavy atom. The molecule has 0 radical (unpaired) electrons. The first-order valence-corrected chi connectivity index (χ1v) is 6.46. The number of aliphatic carboxylic acids is 1. The SMILES string of the molecule is COc1cccc(N2CC(C(=O)O)CNCC2C)c1. The van der Waals surface area contributed by atoms with Gasteiger partial charge in [0.05, 0.1) is 13.0 Å². The van der Waals surface area contributed by atoms with Gasteiger partial charge in [-0.25, -0.2) is 0 Å². The number of nitrogens with one attached hydrogen (secondary N) is 1. The molecule has 1 aromatic carbocycles. The Morgan fingerprint density at radius 2 is 2.26 bits per heavy atom. The highest BCUT2D eigenvalue weighted by Crippen LogP contribution is 2.24. The lowest BCUT2D eigenvalue weighted by molar-refractivity contribution is -0.141. The first kappa shape index (κ1) is 13.7. The average molecular weight is 264 g/mol. The molecule has 104 valence electrons. The minimum absolute atomic E-state index is 0.247. The molecule has 5 nitrogen and oxygen atoms in total.